The Bertz CT molecular complexity index is 508. The normalized spacial score (nSPS) is 24.9. The Labute approximate surface area is 118 Å². The average molecular weight is 279 g/mol. The van der Waals surface area contributed by atoms with Crippen molar-refractivity contribution < 1.29 is 14.1 Å². The number of nitrogens with zero attached hydrogens (tertiary/aromatic N) is 3. The summed E-state index contributed by atoms with van der Waals surface area (Å²) in [4.78, 5) is 18.3. The molecule has 1 aromatic heterocycles. The smallest absolute Gasteiger partial charge is 0.251 e. The van der Waals surface area contributed by atoms with Crippen LogP contribution in [0.5, 0.6) is 0 Å². The molecule has 0 spiro atoms. The van der Waals surface area contributed by atoms with Gasteiger partial charge in [0.15, 0.2) is 5.82 Å². The average Bonchev–Trinajstić information content (AvgIpc) is 3.04. The van der Waals surface area contributed by atoms with Crippen LogP contribution in [-0.2, 0) is 16.1 Å². The zero-order valence-electron chi connectivity index (χ0n) is 12.3. The lowest BCUT2D eigenvalue weighted by molar-refractivity contribution is -0.145. The van der Waals surface area contributed by atoms with Crippen LogP contribution in [-0.4, -0.2) is 39.7 Å². The first-order chi connectivity index (χ1) is 9.44. The maximum atomic E-state index is 12.3. The van der Waals surface area contributed by atoms with Crippen molar-refractivity contribution in [1.82, 2.24) is 15.0 Å². The maximum Gasteiger partial charge on any atom is 0.251 e. The molecule has 6 heteroatoms. The van der Waals surface area contributed by atoms with E-state index < -0.39 is 0 Å². The first-order valence-electron chi connectivity index (χ1n) is 7.20. The Morgan fingerprint density at radius 3 is 2.75 bits per heavy atom. The standard InChI is InChI=1S/C14H21N3O3/c1-14(2)7-6-10(19-14)13(18)17(3)8-11-15-12(20-16-11)9-4-5-9/h9-10H,4-8H2,1-3H3. The molecule has 0 radical (unpaired) electrons. The van der Waals surface area contributed by atoms with Gasteiger partial charge in [-0.3, -0.25) is 4.79 Å². The summed E-state index contributed by atoms with van der Waals surface area (Å²) in [5.74, 6) is 1.71. The van der Waals surface area contributed by atoms with Crippen molar-refractivity contribution >= 4 is 5.91 Å². The van der Waals surface area contributed by atoms with Gasteiger partial charge in [0, 0.05) is 13.0 Å². The second kappa shape index (κ2) is 4.84. The van der Waals surface area contributed by atoms with Crippen molar-refractivity contribution in [2.75, 3.05) is 7.05 Å². The number of amides is 1. The van der Waals surface area contributed by atoms with E-state index in [1.54, 1.807) is 11.9 Å². The quantitative estimate of drug-likeness (QED) is 0.841. The Balaban J connectivity index is 1.57. The van der Waals surface area contributed by atoms with Gasteiger partial charge in [-0.05, 0) is 39.5 Å². The maximum absolute atomic E-state index is 12.3. The molecule has 1 saturated heterocycles. The van der Waals surface area contributed by atoms with Crippen LogP contribution in [0.15, 0.2) is 4.52 Å². The largest absolute Gasteiger partial charge is 0.363 e. The molecular formula is C14H21N3O3. The predicted octanol–water partition coefficient (Wildman–Crippen LogP) is 1.86. The number of carbonyl (C=O) groups excluding carboxylic acids is 1. The first-order valence-corrected chi connectivity index (χ1v) is 7.20. The van der Waals surface area contributed by atoms with Crippen molar-refractivity contribution in [3.63, 3.8) is 0 Å². The summed E-state index contributed by atoms with van der Waals surface area (Å²) in [6.45, 7) is 4.40. The Morgan fingerprint density at radius 1 is 1.40 bits per heavy atom. The summed E-state index contributed by atoms with van der Waals surface area (Å²) in [6.07, 6.45) is 3.59. The number of hydrogen-bond acceptors (Lipinski definition) is 5. The minimum absolute atomic E-state index is 0.00616. The van der Waals surface area contributed by atoms with E-state index in [4.69, 9.17) is 9.26 Å². The van der Waals surface area contributed by atoms with E-state index in [1.807, 2.05) is 13.8 Å². The number of aromatic nitrogens is 2. The molecule has 1 aliphatic carbocycles. The second-order valence-corrected chi connectivity index (χ2v) is 6.42. The van der Waals surface area contributed by atoms with Gasteiger partial charge in [0.25, 0.3) is 5.91 Å². The highest BCUT2D eigenvalue weighted by Gasteiger charge is 2.37. The van der Waals surface area contributed by atoms with Gasteiger partial charge in [0.2, 0.25) is 5.89 Å². The lowest BCUT2D eigenvalue weighted by Crippen LogP contribution is -2.37. The molecule has 1 saturated carbocycles. The molecule has 20 heavy (non-hydrogen) atoms. The van der Waals surface area contributed by atoms with E-state index >= 15 is 0 Å². The predicted molar refractivity (Wildman–Crippen MR) is 70.9 cm³/mol. The molecule has 1 atom stereocenters. The summed E-state index contributed by atoms with van der Waals surface area (Å²) in [5.41, 5.74) is -0.202. The third-order valence-electron chi connectivity index (χ3n) is 3.91. The summed E-state index contributed by atoms with van der Waals surface area (Å²) < 4.78 is 11.0. The zero-order valence-corrected chi connectivity index (χ0v) is 12.3. The summed E-state index contributed by atoms with van der Waals surface area (Å²) >= 11 is 0. The molecule has 1 amide bonds. The molecule has 2 aliphatic rings. The van der Waals surface area contributed by atoms with Gasteiger partial charge in [0.05, 0.1) is 12.1 Å². The second-order valence-electron chi connectivity index (χ2n) is 6.42. The van der Waals surface area contributed by atoms with Gasteiger partial charge in [-0.1, -0.05) is 5.16 Å². The molecule has 3 rings (SSSR count). The van der Waals surface area contributed by atoms with Crippen LogP contribution in [0.2, 0.25) is 0 Å². The van der Waals surface area contributed by atoms with Crippen LogP contribution in [0.3, 0.4) is 0 Å². The lowest BCUT2D eigenvalue weighted by Gasteiger charge is -2.22. The van der Waals surface area contributed by atoms with Crippen LogP contribution >= 0.6 is 0 Å². The number of rotatable bonds is 4. The van der Waals surface area contributed by atoms with Crippen LogP contribution in [0.4, 0.5) is 0 Å². The molecule has 0 bridgehead atoms. The van der Waals surface area contributed by atoms with E-state index in [1.165, 1.54) is 0 Å². The van der Waals surface area contributed by atoms with E-state index in [0.29, 0.717) is 24.2 Å². The highest BCUT2D eigenvalue weighted by molar-refractivity contribution is 5.80. The zero-order chi connectivity index (χ0) is 14.3. The van der Waals surface area contributed by atoms with Gasteiger partial charge in [-0.2, -0.15) is 4.98 Å². The van der Waals surface area contributed by atoms with Crippen molar-refractivity contribution in [3.05, 3.63) is 11.7 Å². The van der Waals surface area contributed by atoms with Crippen molar-refractivity contribution in [2.24, 2.45) is 0 Å². The Morgan fingerprint density at radius 2 is 2.15 bits per heavy atom. The van der Waals surface area contributed by atoms with Crippen molar-refractivity contribution in [2.45, 2.75) is 63.7 Å². The summed E-state index contributed by atoms with van der Waals surface area (Å²) in [6, 6.07) is 0. The highest BCUT2D eigenvalue weighted by atomic mass is 16.5. The monoisotopic (exact) mass is 279 g/mol. The molecule has 6 nitrogen and oxygen atoms in total. The van der Waals surface area contributed by atoms with E-state index in [9.17, 15) is 4.79 Å². The van der Waals surface area contributed by atoms with Gasteiger partial charge in [-0.25, -0.2) is 0 Å². The van der Waals surface area contributed by atoms with Crippen molar-refractivity contribution in [3.8, 4) is 0 Å². The molecule has 0 N–H and O–H groups in total. The van der Waals surface area contributed by atoms with Gasteiger partial charge in [-0.15, -0.1) is 0 Å². The molecule has 1 aliphatic heterocycles. The third-order valence-corrected chi connectivity index (χ3v) is 3.91. The number of carbonyl (C=O) groups is 1. The molecular weight excluding hydrogens is 258 g/mol. The minimum atomic E-state index is -0.343. The van der Waals surface area contributed by atoms with Gasteiger partial charge < -0.3 is 14.2 Å². The Kier molecular flexibility index (Phi) is 3.28. The third kappa shape index (κ3) is 2.85. The van der Waals surface area contributed by atoms with E-state index in [-0.39, 0.29) is 17.6 Å². The number of ether oxygens (including phenoxy) is 1. The van der Waals surface area contributed by atoms with Crippen LogP contribution in [0.1, 0.15) is 57.2 Å². The van der Waals surface area contributed by atoms with Gasteiger partial charge in [0.1, 0.15) is 6.10 Å². The van der Waals surface area contributed by atoms with E-state index in [2.05, 4.69) is 10.1 Å². The molecule has 1 aromatic rings. The van der Waals surface area contributed by atoms with Crippen LogP contribution in [0.25, 0.3) is 0 Å². The number of likely N-dealkylation sites (N-methyl/N-ethyl adjacent to an activating group) is 1. The fourth-order valence-corrected chi connectivity index (χ4v) is 2.52. The van der Waals surface area contributed by atoms with Gasteiger partial charge >= 0.3 is 0 Å². The number of hydrogen-bond donors (Lipinski definition) is 0. The summed E-state index contributed by atoms with van der Waals surface area (Å²) in [5, 5.41) is 3.93. The fraction of sp³-hybridized carbons (Fsp3) is 0.786. The molecule has 0 aromatic carbocycles. The lowest BCUT2D eigenvalue weighted by atomic mass is 10.1. The topological polar surface area (TPSA) is 68.5 Å². The molecule has 1 unspecified atom stereocenters. The van der Waals surface area contributed by atoms with E-state index in [0.717, 1.165) is 25.7 Å². The first kappa shape index (κ1) is 13.5. The highest BCUT2D eigenvalue weighted by Crippen LogP contribution is 2.38. The molecule has 2 fully saturated rings. The van der Waals surface area contributed by atoms with Crippen molar-refractivity contribution in [1.29, 1.82) is 0 Å². The minimum Gasteiger partial charge on any atom is -0.363 e. The molecule has 2 heterocycles. The van der Waals surface area contributed by atoms with Crippen LogP contribution in [0, 0.1) is 0 Å². The van der Waals surface area contributed by atoms with Crippen LogP contribution < -0.4 is 0 Å². The fourth-order valence-electron chi connectivity index (χ4n) is 2.52. The SMILES string of the molecule is CN(Cc1noc(C2CC2)n1)C(=O)C1CCC(C)(C)O1. The summed E-state index contributed by atoms with van der Waals surface area (Å²) in [7, 11) is 1.75. The molecule has 110 valence electrons. The Hall–Kier alpha value is -1.43.